The molecule has 0 saturated heterocycles. The zero-order chi connectivity index (χ0) is 17.8. The lowest BCUT2D eigenvalue weighted by Gasteiger charge is -2.07. The smallest absolute Gasteiger partial charge is 0.322 e. The van der Waals surface area contributed by atoms with Crippen LogP contribution in [-0.4, -0.2) is 30.3 Å². The van der Waals surface area contributed by atoms with Gasteiger partial charge in [0.15, 0.2) is 11.5 Å². The SMILES string of the molecule is COc1ccc(-c2nnc(NC(=O)c3cccc(C)c3)o2)cc1OC. The first kappa shape index (κ1) is 16.5. The fraction of sp³-hybridized carbons (Fsp3) is 0.167. The Bertz CT molecular complexity index is 905. The number of ether oxygens (including phenoxy) is 2. The van der Waals surface area contributed by atoms with Gasteiger partial charge in [0, 0.05) is 11.1 Å². The van der Waals surface area contributed by atoms with Crippen molar-refractivity contribution in [2.24, 2.45) is 0 Å². The van der Waals surface area contributed by atoms with E-state index < -0.39 is 0 Å². The van der Waals surface area contributed by atoms with Gasteiger partial charge < -0.3 is 13.9 Å². The van der Waals surface area contributed by atoms with Crippen molar-refractivity contribution in [1.82, 2.24) is 10.2 Å². The largest absolute Gasteiger partial charge is 0.493 e. The van der Waals surface area contributed by atoms with E-state index in [0.29, 0.717) is 22.6 Å². The third-order valence-electron chi connectivity index (χ3n) is 3.56. The first-order chi connectivity index (χ1) is 12.1. The van der Waals surface area contributed by atoms with Crippen LogP contribution in [0.15, 0.2) is 46.9 Å². The Labute approximate surface area is 144 Å². The number of aromatic nitrogens is 2. The van der Waals surface area contributed by atoms with E-state index in [4.69, 9.17) is 13.9 Å². The number of nitrogens with one attached hydrogen (secondary N) is 1. The number of carbonyl (C=O) groups is 1. The van der Waals surface area contributed by atoms with Crippen molar-refractivity contribution in [2.75, 3.05) is 19.5 Å². The van der Waals surface area contributed by atoms with E-state index in [1.807, 2.05) is 19.1 Å². The van der Waals surface area contributed by atoms with Crippen molar-refractivity contribution in [1.29, 1.82) is 0 Å². The molecule has 7 nitrogen and oxygen atoms in total. The number of carbonyl (C=O) groups excluding carboxylic acids is 1. The lowest BCUT2D eigenvalue weighted by atomic mass is 10.1. The highest BCUT2D eigenvalue weighted by atomic mass is 16.5. The molecule has 0 spiro atoms. The third-order valence-corrected chi connectivity index (χ3v) is 3.56. The van der Waals surface area contributed by atoms with Crippen LogP contribution in [0.25, 0.3) is 11.5 Å². The molecular weight excluding hydrogens is 322 g/mol. The van der Waals surface area contributed by atoms with Crippen molar-refractivity contribution < 1.29 is 18.7 Å². The van der Waals surface area contributed by atoms with E-state index >= 15 is 0 Å². The van der Waals surface area contributed by atoms with Gasteiger partial charge in [-0.3, -0.25) is 10.1 Å². The minimum absolute atomic E-state index is 0.0243. The van der Waals surface area contributed by atoms with Crippen LogP contribution in [-0.2, 0) is 0 Å². The highest BCUT2D eigenvalue weighted by molar-refractivity contribution is 6.03. The summed E-state index contributed by atoms with van der Waals surface area (Å²) in [5, 5.41) is 10.4. The molecule has 128 valence electrons. The standard InChI is InChI=1S/C18H17N3O4/c1-11-5-4-6-12(9-11)16(22)19-18-21-20-17(25-18)13-7-8-14(23-2)15(10-13)24-3/h4-10H,1-3H3,(H,19,21,22). The molecule has 0 aliphatic carbocycles. The minimum Gasteiger partial charge on any atom is -0.493 e. The average Bonchev–Trinajstić information content (AvgIpc) is 3.09. The summed E-state index contributed by atoms with van der Waals surface area (Å²) in [5.41, 5.74) is 2.16. The lowest BCUT2D eigenvalue weighted by Crippen LogP contribution is -2.12. The van der Waals surface area contributed by atoms with Crippen molar-refractivity contribution in [3.63, 3.8) is 0 Å². The van der Waals surface area contributed by atoms with Gasteiger partial charge in [0.1, 0.15) is 0 Å². The van der Waals surface area contributed by atoms with Gasteiger partial charge in [-0.25, -0.2) is 0 Å². The topological polar surface area (TPSA) is 86.5 Å². The van der Waals surface area contributed by atoms with Crippen molar-refractivity contribution in [3.05, 3.63) is 53.6 Å². The number of rotatable bonds is 5. The molecule has 1 amide bonds. The zero-order valence-electron chi connectivity index (χ0n) is 14.1. The van der Waals surface area contributed by atoms with Crippen LogP contribution in [0, 0.1) is 6.92 Å². The van der Waals surface area contributed by atoms with Crippen LogP contribution in [0.1, 0.15) is 15.9 Å². The molecule has 3 rings (SSSR count). The van der Waals surface area contributed by atoms with E-state index in [1.54, 1.807) is 44.6 Å². The van der Waals surface area contributed by atoms with Gasteiger partial charge in [0.25, 0.3) is 5.91 Å². The van der Waals surface area contributed by atoms with E-state index in [-0.39, 0.29) is 17.8 Å². The van der Waals surface area contributed by atoms with E-state index in [0.717, 1.165) is 5.56 Å². The molecular formula is C18H17N3O4. The fourth-order valence-electron chi connectivity index (χ4n) is 2.32. The summed E-state index contributed by atoms with van der Waals surface area (Å²) in [4.78, 5) is 12.2. The van der Waals surface area contributed by atoms with Crippen molar-refractivity contribution >= 4 is 11.9 Å². The Balaban J connectivity index is 1.79. The second kappa shape index (κ2) is 7.04. The molecule has 0 radical (unpaired) electrons. The Morgan fingerprint density at radius 3 is 2.56 bits per heavy atom. The number of benzene rings is 2. The van der Waals surface area contributed by atoms with Gasteiger partial charge in [0.2, 0.25) is 5.89 Å². The first-order valence-corrected chi connectivity index (χ1v) is 7.54. The summed E-state index contributed by atoms with van der Waals surface area (Å²) < 4.78 is 16.0. The molecule has 0 aliphatic heterocycles. The number of nitrogens with zero attached hydrogens (tertiary/aromatic N) is 2. The molecule has 1 aromatic heterocycles. The van der Waals surface area contributed by atoms with Crippen LogP contribution < -0.4 is 14.8 Å². The molecule has 3 aromatic rings. The monoisotopic (exact) mass is 339 g/mol. The number of aryl methyl sites for hydroxylation is 1. The maximum absolute atomic E-state index is 12.2. The highest BCUT2D eigenvalue weighted by Crippen LogP contribution is 2.32. The maximum Gasteiger partial charge on any atom is 0.322 e. The molecule has 0 aliphatic rings. The van der Waals surface area contributed by atoms with Crippen molar-refractivity contribution in [2.45, 2.75) is 6.92 Å². The number of hydrogen-bond donors (Lipinski definition) is 1. The summed E-state index contributed by atoms with van der Waals surface area (Å²) >= 11 is 0. The van der Waals surface area contributed by atoms with Gasteiger partial charge in [-0.05, 0) is 37.3 Å². The van der Waals surface area contributed by atoms with Gasteiger partial charge in [-0.2, -0.15) is 0 Å². The number of methoxy groups -OCH3 is 2. The van der Waals surface area contributed by atoms with Gasteiger partial charge in [-0.1, -0.05) is 22.8 Å². The van der Waals surface area contributed by atoms with Crippen LogP contribution >= 0.6 is 0 Å². The predicted octanol–water partition coefficient (Wildman–Crippen LogP) is 3.31. The Morgan fingerprint density at radius 2 is 1.84 bits per heavy atom. The van der Waals surface area contributed by atoms with Gasteiger partial charge in [0.05, 0.1) is 14.2 Å². The molecule has 0 fully saturated rings. The number of anilines is 1. The van der Waals surface area contributed by atoms with Crippen molar-refractivity contribution in [3.8, 4) is 23.0 Å². The number of hydrogen-bond acceptors (Lipinski definition) is 6. The zero-order valence-corrected chi connectivity index (χ0v) is 14.1. The summed E-state index contributed by atoms with van der Waals surface area (Å²) in [6, 6.07) is 12.5. The van der Waals surface area contributed by atoms with Crippen LogP contribution in [0.4, 0.5) is 6.01 Å². The van der Waals surface area contributed by atoms with Gasteiger partial charge in [-0.15, -0.1) is 5.10 Å². The van der Waals surface area contributed by atoms with Gasteiger partial charge >= 0.3 is 6.01 Å². The normalized spacial score (nSPS) is 10.4. The quantitative estimate of drug-likeness (QED) is 0.767. The Morgan fingerprint density at radius 1 is 1.04 bits per heavy atom. The summed E-state index contributed by atoms with van der Waals surface area (Å²) in [6.45, 7) is 1.92. The minimum atomic E-state index is -0.314. The summed E-state index contributed by atoms with van der Waals surface area (Å²) in [7, 11) is 3.10. The van der Waals surface area contributed by atoms with E-state index in [2.05, 4.69) is 15.5 Å². The molecule has 0 atom stereocenters. The second-order valence-corrected chi connectivity index (χ2v) is 5.31. The molecule has 1 N–H and O–H groups in total. The second-order valence-electron chi connectivity index (χ2n) is 5.31. The Hall–Kier alpha value is -3.35. The number of amides is 1. The average molecular weight is 339 g/mol. The van der Waals surface area contributed by atoms with Crippen LogP contribution in [0.3, 0.4) is 0 Å². The summed E-state index contributed by atoms with van der Waals surface area (Å²) in [6.07, 6.45) is 0. The maximum atomic E-state index is 12.2. The molecule has 7 heteroatoms. The molecule has 1 heterocycles. The van der Waals surface area contributed by atoms with E-state index in [9.17, 15) is 4.79 Å². The fourth-order valence-corrected chi connectivity index (χ4v) is 2.32. The molecule has 0 saturated carbocycles. The van der Waals surface area contributed by atoms with E-state index in [1.165, 1.54) is 0 Å². The lowest BCUT2D eigenvalue weighted by molar-refractivity contribution is 0.102. The van der Waals surface area contributed by atoms with Crippen LogP contribution in [0.5, 0.6) is 11.5 Å². The summed E-state index contributed by atoms with van der Waals surface area (Å²) in [5.74, 6) is 1.09. The molecule has 2 aromatic carbocycles. The first-order valence-electron chi connectivity index (χ1n) is 7.54. The molecule has 0 bridgehead atoms. The molecule has 25 heavy (non-hydrogen) atoms. The Kier molecular flexibility index (Phi) is 4.65. The third kappa shape index (κ3) is 3.60. The predicted molar refractivity (Wildman–Crippen MR) is 92.0 cm³/mol. The molecule has 0 unspecified atom stereocenters. The van der Waals surface area contributed by atoms with Crippen LogP contribution in [0.2, 0.25) is 0 Å². The highest BCUT2D eigenvalue weighted by Gasteiger charge is 2.14.